The van der Waals surface area contributed by atoms with Gasteiger partial charge in [0.25, 0.3) is 0 Å². The van der Waals surface area contributed by atoms with Gasteiger partial charge in [-0.25, -0.2) is 4.39 Å². The molecule has 1 amide bonds. The average Bonchev–Trinajstić information content (AvgIpc) is 3.17. The first-order chi connectivity index (χ1) is 14.2. The number of hydrogen-bond acceptors (Lipinski definition) is 3. The zero-order chi connectivity index (χ0) is 19.8. The fraction of sp³-hybridized carbons (Fsp3) is 0.208. The van der Waals surface area contributed by atoms with Gasteiger partial charge in [-0.05, 0) is 29.0 Å². The maximum Gasteiger partial charge on any atom is 0.227 e. The fourth-order valence-corrected chi connectivity index (χ4v) is 4.18. The van der Waals surface area contributed by atoms with Crippen molar-refractivity contribution in [2.75, 3.05) is 31.1 Å². The van der Waals surface area contributed by atoms with Crippen molar-refractivity contribution in [2.45, 2.75) is 6.42 Å². The standard InChI is InChI=1S/C24H21FN2O2/c25-20-7-3-4-8-21(20)26-11-13-27(14-12-26)23(28)15-18-16-29-22-10-9-17-5-1-2-6-19(17)24(18)22/h1-10,16H,11-15H2. The second-order valence-electron chi connectivity index (χ2n) is 7.42. The number of piperazine rings is 1. The molecule has 1 aliphatic rings. The molecule has 0 N–H and O–H groups in total. The van der Waals surface area contributed by atoms with Crippen molar-refractivity contribution in [3.8, 4) is 0 Å². The molecule has 5 heteroatoms. The van der Waals surface area contributed by atoms with Gasteiger partial charge in [0.15, 0.2) is 0 Å². The van der Waals surface area contributed by atoms with Crippen LogP contribution >= 0.6 is 0 Å². The van der Waals surface area contributed by atoms with Crippen LogP contribution in [0.2, 0.25) is 0 Å². The number of para-hydroxylation sites is 1. The Morgan fingerprint density at radius 2 is 1.69 bits per heavy atom. The molecule has 0 bridgehead atoms. The molecule has 0 radical (unpaired) electrons. The van der Waals surface area contributed by atoms with E-state index in [0.717, 1.165) is 27.3 Å². The Bertz CT molecular complexity index is 1190. The SMILES string of the molecule is O=C(Cc1coc2ccc3ccccc3c12)N1CCN(c2ccccc2F)CC1. The summed E-state index contributed by atoms with van der Waals surface area (Å²) in [5.74, 6) is -0.141. The number of furan rings is 1. The lowest BCUT2D eigenvalue weighted by Crippen LogP contribution is -2.49. The van der Waals surface area contributed by atoms with Crippen LogP contribution in [0.3, 0.4) is 0 Å². The molecule has 1 aromatic heterocycles. The lowest BCUT2D eigenvalue weighted by Gasteiger charge is -2.36. The zero-order valence-electron chi connectivity index (χ0n) is 16.0. The van der Waals surface area contributed by atoms with E-state index in [9.17, 15) is 9.18 Å². The lowest BCUT2D eigenvalue weighted by atomic mass is 10.0. The van der Waals surface area contributed by atoms with Gasteiger partial charge >= 0.3 is 0 Å². The van der Waals surface area contributed by atoms with E-state index in [1.54, 1.807) is 18.4 Å². The second kappa shape index (κ2) is 7.24. The summed E-state index contributed by atoms with van der Waals surface area (Å²) in [6.07, 6.45) is 2.01. The van der Waals surface area contributed by atoms with Gasteiger partial charge < -0.3 is 14.2 Å². The number of anilines is 1. The molecule has 4 nitrogen and oxygen atoms in total. The highest BCUT2D eigenvalue weighted by molar-refractivity contribution is 6.08. The van der Waals surface area contributed by atoms with Crippen LogP contribution in [-0.2, 0) is 11.2 Å². The molecule has 0 spiro atoms. The third kappa shape index (κ3) is 3.23. The van der Waals surface area contributed by atoms with Gasteiger partial charge in [-0.2, -0.15) is 0 Å². The smallest absolute Gasteiger partial charge is 0.227 e. The first kappa shape index (κ1) is 17.7. The molecule has 3 aromatic carbocycles. The molecule has 0 aliphatic carbocycles. The van der Waals surface area contributed by atoms with Crippen molar-refractivity contribution >= 4 is 33.3 Å². The number of rotatable bonds is 3. The van der Waals surface area contributed by atoms with Crippen molar-refractivity contribution in [3.05, 3.63) is 78.3 Å². The van der Waals surface area contributed by atoms with Crippen LogP contribution < -0.4 is 4.90 Å². The Balaban J connectivity index is 1.33. The number of benzene rings is 3. The third-order valence-corrected chi connectivity index (χ3v) is 5.71. The maximum atomic E-state index is 14.0. The molecule has 5 rings (SSSR count). The molecule has 0 unspecified atom stereocenters. The molecule has 2 heterocycles. The fourth-order valence-electron chi connectivity index (χ4n) is 4.18. The van der Waals surface area contributed by atoms with E-state index in [2.05, 4.69) is 12.1 Å². The Morgan fingerprint density at radius 1 is 0.931 bits per heavy atom. The van der Waals surface area contributed by atoms with Gasteiger partial charge in [0.1, 0.15) is 11.4 Å². The number of carbonyl (C=O) groups is 1. The Kier molecular flexibility index (Phi) is 4.43. The van der Waals surface area contributed by atoms with Crippen LogP contribution in [-0.4, -0.2) is 37.0 Å². The van der Waals surface area contributed by atoms with Crippen LogP contribution in [0.25, 0.3) is 21.7 Å². The summed E-state index contributed by atoms with van der Waals surface area (Å²) in [7, 11) is 0. The Morgan fingerprint density at radius 3 is 2.52 bits per heavy atom. The monoisotopic (exact) mass is 388 g/mol. The van der Waals surface area contributed by atoms with Crippen molar-refractivity contribution < 1.29 is 13.6 Å². The highest BCUT2D eigenvalue weighted by atomic mass is 19.1. The molecule has 4 aromatic rings. The lowest BCUT2D eigenvalue weighted by molar-refractivity contribution is -0.130. The molecule has 29 heavy (non-hydrogen) atoms. The van der Waals surface area contributed by atoms with Crippen molar-refractivity contribution in [1.29, 1.82) is 0 Å². The van der Waals surface area contributed by atoms with Crippen molar-refractivity contribution in [2.24, 2.45) is 0 Å². The number of amides is 1. The Labute approximate surface area is 168 Å². The molecule has 0 saturated carbocycles. The zero-order valence-corrected chi connectivity index (χ0v) is 16.0. The first-order valence-electron chi connectivity index (χ1n) is 9.86. The minimum absolute atomic E-state index is 0.0776. The predicted molar refractivity (Wildman–Crippen MR) is 113 cm³/mol. The molecule has 0 atom stereocenters. The highest BCUT2D eigenvalue weighted by Crippen LogP contribution is 2.30. The minimum atomic E-state index is -0.218. The average molecular weight is 388 g/mol. The summed E-state index contributed by atoms with van der Waals surface area (Å²) >= 11 is 0. The maximum absolute atomic E-state index is 14.0. The van der Waals surface area contributed by atoms with E-state index in [-0.39, 0.29) is 11.7 Å². The van der Waals surface area contributed by atoms with Gasteiger partial charge in [-0.15, -0.1) is 0 Å². The minimum Gasteiger partial charge on any atom is -0.464 e. The molecule has 1 aliphatic heterocycles. The number of nitrogens with zero attached hydrogens (tertiary/aromatic N) is 2. The van der Waals surface area contributed by atoms with E-state index in [1.807, 2.05) is 40.1 Å². The topological polar surface area (TPSA) is 36.7 Å². The van der Waals surface area contributed by atoms with E-state index < -0.39 is 0 Å². The number of halogens is 1. The van der Waals surface area contributed by atoms with Crippen LogP contribution in [0.1, 0.15) is 5.56 Å². The quantitative estimate of drug-likeness (QED) is 0.514. The third-order valence-electron chi connectivity index (χ3n) is 5.71. The van der Waals surface area contributed by atoms with E-state index in [1.165, 1.54) is 6.07 Å². The van der Waals surface area contributed by atoms with Crippen LogP contribution in [0.5, 0.6) is 0 Å². The van der Waals surface area contributed by atoms with Gasteiger partial charge in [0.05, 0.1) is 18.4 Å². The summed E-state index contributed by atoms with van der Waals surface area (Å²) in [6.45, 7) is 2.43. The molecule has 1 fully saturated rings. The predicted octanol–water partition coefficient (Wildman–Crippen LogP) is 4.62. The van der Waals surface area contributed by atoms with Crippen LogP contribution in [0.4, 0.5) is 10.1 Å². The van der Waals surface area contributed by atoms with Gasteiger partial charge in [0.2, 0.25) is 5.91 Å². The summed E-state index contributed by atoms with van der Waals surface area (Å²) in [5.41, 5.74) is 2.32. The molecular weight excluding hydrogens is 367 g/mol. The Hall–Kier alpha value is -3.34. The summed E-state index contributed by atoms with van der Waals surface area (Å²) < 4.78 is 19.7. The summed E-state index contributed by atoms with van der Waals surface area (Å²) in [6, 6.07) is 18.9. The van der Waals surface area contributed by atoms with Crippen LogP contribution in [0, 0.1) is 5.82 Å². The van der Waals surface area contributed by atoms with E-state index in [0.29, 0.717) is 38.3 Å². The normalized spacial score (nSPS) is 14.7. The van der Waals surface area contributed by atoms with E-state index >= 15 is 0 Å². The second-order valence-corrected chi connectivity index (χ2v) is 7.42. The molecular formula is C24H21FN2O2. The molecule has 1 saturated heterocycles. The van der Waals surface area contributed by atoms with Gasteiger partial charge in [-0.1, -0.05) is 42.5 Å². The molecule has 146 valence electrons. The van der Waals surface area contributed by atoms with Crippen molar-refractivity contribution in [3.63, 3.8) is 0 Å². The summed E-state index contributed by atoms with van der Waals surface area (Å²) in [4.78, 5) is 16.8. The summed E-state index contributed by atoms with van der Waals surface area (Å²) in [5, 5.41) is 3.25. The van der Waals surface area contributed by atoms with E-state index in [4.69, 9.17) is 4.42 Å². The largest absolute Gasteiger partial charge is 0.464 e. The number of carbonyl (C=O) groups excluding carboxylic acids is 1. The number of hydrogen-bond donors (Lipinski definition) is 0. The van der Waals surface area contributed by atoms with Crippen LogP contribution in [0.15, 0.2) is 71.3 Å². The number of fused-ring (bicyclic) bond motifs is 3. The van der Waals surface area contributed by atoms with Crippen molar-refractivity contribution in [1.82, 2.24) is 4.90 Å². The van der Waals surface area contributed by atoms with Gasteiger partial charge in [-0.3, -0.25) is 4.79 Å². The van der Waals surface area contributed by atoms with Gasteiger partial charge in [0, 0.05) is 37.1 Å². The highest BCUT2D eigenvalue weighted by Gasteiger charge is 2.24. The first-order valence-corrected chi connectivity index (χ1v) is 9.86.